The van der Waals surface area contributed by atoms with Gasteiger partial charge >= 0.3 is 0 Å². The van der Waals surface area contributed by atoms with E-state index >= 15 is 4.39 Å². The Bertz CT molecular complexity index is 1280. The molecular weight excluding hydrogens is 419 g/mol. The van der Waals surface area contributed by atoms with Crippen LogP contribution in [0.3, 0.4) is 0 Å². The number of rotatable bonds is 1. The van der Waals surface area contributed by atoms with E-state index in [1.807, 2.05) is 19.1 Å². The molecule has 6 nitrogen and oxygen atoms in total. The number of nitrogens with zero attached hydrogens (tertiary/aromatic N) is 2. The molecule has 1 aromatic heterocycles. The summed E-state index contributed by atoms with van der Waals surface area (Å²) in [6, 6.07) is 5.74. The normalized spacial score (nSPS) is 19.5. The lowest BCUT2D eigenvalue weighted by Crippen LogP contribution is -2.55. The monoisotopic (exact) mass is 438 g/mol. The van der Waals surface area contributed by atoms with Crippen LogP contribution in [-0.2, 0) is 6.54 Å². The quantitative estimate of drug-likeness (QED) is 0.609. The maximum atomic E-state index is 16.0. The van der Waals surface area contributed by atoms with E-state index in [9.17, 15) is 4.79 Å². The molecule has 1 unspecified atom stereocenters. The molecule has 2 N–H and O–H groups in total. The van der Waals surface area contributed by atoms with Gasteiger partial charge in [-0.1, -0.05) is 23.7 Å². The van der Waals surface area contributed by atoms with E-state index in [1.54, 1.807) is 12.3 Å². The second kappa shape index (κ2) is 6.80. The topological polar surface area (TPSA) is 66.5 Å². The van der Waals surface area contributed by atoms with E-state index < -0.39 is 5.82 Å². The Balaban J connectivity index is 1.63. The van der Waals surface area contributed by atoms with Crippen molar-refractivity contribution in [2.24, 2.45) is 0 Å². The Morgan fingerprint density at radius 3 is 3.03 bits per heavy atom. The lowest BCUT2D eigenvalue weighted by Gasteiger charge is -2.42. The SMILES string of the molecule is Cc1ccc2c(c1-c1c(Cl)cc3c4c(cnc3c1F)OCC1CNCCN41)C(=O)NC2. The van der Waals surface area contributed by atoms with E-state index in [-0.39, 0.29) is 28.1 Å². The molecule has 0 saturated carbocycles. The molecule has 8 heteroatoms. The van der Waals surface area contributed by atoms with Crippen molar-refractivity contribution in [2.45, 2.75) is 19.5 Å². The number of pyridine rings is 1. The van der Waals surface area contributed by atoms with Crippen molar-refractivity contribution in [1.29, 1.82) is 0 Å². The van der Waals surface area contributed by atoms with Crippen molar-refractivity contribution >= 4 is 34.1 Å². The van der Waals surface area contributed by atoms with Gasteiger partial charge in [-0.2, -0.15) is 0 Å². The molecule has 1 fully saturated rings. The molecule has 3 aromatic rings. The fourth-order valence-corrected chi connectivity index (χ4v) is 5.28. The van der Waals surface area contributed by atoms with Gasteiger partial charge in [0.2, 0.25) is 0 Å². The van der Waals surface area contributed by atoms with Crippen molar-refractivity contribution < 1.29 is 13.9 Å². The number of carbonyl (C=O) groups is 1. The third kappa shape index (κ3) is 2.66. The fraction of sp³-hybridized carbons (Fsp3) is 0.304. The van der Waals surface area contributed by atoms with Crippen molar-refractivity contribution in [3.05, 3.63) is 51.9 Å². The third-order valence-electron chi connectivity index (χ3n) is 6.48. The minimum Gasteiger partial charge on any atom is -0.488 e. The molecule has 0 radical (unpaired) electrons. The number of carbonyl (C=O) groups excluding carboxylic acids is 1. The highest BCUT2D eigenvalue weighted by Crippen LogP contribution is 2.45. The van der Waals surface area contributed by atoms with Gasteiger partial charge < -0.3 is 20.3 Å². The first kappa shape index (κ1) is 18.8. The zero-order chi connectivity index (χ0) is 21.3. The molecule has 0 bridgehead atoms. The summed E-state index contributed by atoms with van der Waals surface area (Å²) >= 11 is 6.71. The fourth-order valence-electron chi connectivity index (χ4n) is 5.00. The number of benzene rings is 2. The summed E-state index contributed by atoms with van der Waals surface area (Å²) in [6.07, 6.45) is 1.59. The van der Waals surface area contributed by atoms with Crippen LogP contribution < -0.4 is 20.3 Å². The summed E-state index contributed by atoms with van der Waals surface area (Å²) in [5.74, 6) is -0.0801. The number of nitrogens with one attached hydrogen (secondary N) is 2. The first-order chi connectivity index (χ1) is 15.0. The zero-order valence-corrected chi connectivity index (χ0v) is 17.6. The summed E-state index contributed by atoms with van der Waals surface area (Å²) in [5, 5.41) is 7.08. The largest absolute Gasteiger partial charge is 0.488 e. The van der Waals surface area contributed by atoms with Crippen molar-refractivity contribution in [1.82, 2.24) is 15.6 Å². The van der Waals surface area contributed by atoms with Crippen molar-refractivity contribution in [2.75, 3.05) is 31.1 Å². The molecule has 31 heavy (non-hydrogen) atoms. The van der Waals surface area contributed by atoms with Gasteiger partial charge in [0, 0.05) is 42.7 Å². The van der Waals surface area contributed by atoms with Gasteiger partial charge in [-0.25, -0.2) is 9.37 Å². The van der Waals surface area contributed by atoms with Crippen LogP contribution in [0.2, 0.25) is 5.02 Å². The molecule has 0 aliphatic carbocycles. The number of halogens is 2. The molecule has 1 saturated heterocycles. The highest BCUT2D eigenvalue weighted by Gasteiger charge is 2.34. The smallest absolute Gasteiger partial charge is 0.252 e. The Hall–Kier alpha value is -2.90. The summed E-state index contributed by atoms with van der Waals surface area (Å²) < 4.78 is 22.0. The minimum absolute atomic E-state index is 0.177. The van der Waals surface area contributed by atoms with E-state index in [0.717, 1.165) is 36.4 Å². The van der Waals surface area contributed by atoms with Gasteiger partial charge in [-0.15, -0.1) is 0 Å². The Labute approximate surface area is 183 Å². The summed E-state index contributed by atoms with van der Waals surface area (Å²) in [7, 11) is 0. The molecular formula is C23H20ClFN4O2. The predicted molar refractivity (Wildman–Crippen MR) is 118 cm³/mol. The molecule has 2 aromatic carbocycles. The van der Waals surface area contributed by atoms with Crippen LogP contribution in [0.1, 0.15) is 21.5 Å². The number of piperazine rings is 1. The number of fused-ring (bicyclic) bond motifs is 6. The molecule has 0 spiro atoms. The summed E-state index contributed by atoms with van der Waals surface area (Å²) in [5.41, 5.74) is 3.95. The van der Waals surface area contributed by atoms with Crippen molar-refractivity contribution in [3.63, 3.8) is 0 Å². The Morgan fingerprint density at radius 2 is 2.16 bits per heavy atom. The van der Waals surface area contributed by atoms with E-state index in [2.05, 4.69) is 20.5 Å². The molecule has 6 rings (SSSR count). The maximum Gasteiger partial charge on any atom is 0.252 e. The molecule has 3 aliphatic heterocycles. The van der Waals surface area contributed by atoms with Gasteiger partial charge in [0.25, 0.3) is 5.91 Å². The van der Waals surface area contributed by atoms with Crippen LogP contribution in [0, 0.1) is 12.7 Å². The second-order valence-electron chi connectivity index (χ2n) is 8.25. The van der Waals surface area contributed by atoms with Crippen LogP contribution >= 0.6 is 11.6 Å². The van der Waals surface area contributed by atoms with Gasteiger partial charge in [0.05, 0.1) is 28.5 Å². The van der Waals surface area contributed by atoms with E-state index in [4.69, 9.17) is 16.3 Å². The van der Waals surface area contributed by atoms with Crippen LogP contribution in [-0.4, -0.2) is 43.2 Å². The highest BCUT2D eigenvalue weighted by molar-refractivity contribution is 6.35. The summed E-state index contributed by atoms with van der Waals surface area (Å²) in [4.78, 5) is 19.2. The average Bonchev–Trinajstić information content (AvgIpc) is 3.15. The number of hydrogen-bond acceptors (Lipinski definition) is 5. The van der Waals surface area contributed by atoms with Gasteiger partial charge in [-0.05, 0) is 24.1 Å². The maximum absolute atomic E-state index is 16.0. The summed E-state index contributed by atoms with van der Waals surface area (Å²) in [6.45, 7) is 5.31. The van der Waals surface area contributed by atoms with Gasteiger partial charge in [-0.3, -0.25) is 4.79 Å². The number of hydrogen-bond donors (Lipinski definition) is 2. The van der Waals surface area contributed by atoms with Crippen LogP contribution in [0.15, 0.2) is 24.4 Å². The number of ether oxygens (including phenoxy) is 1. The van der Waals surface area contributed by atoms with Crippen molar-refractivity contribution in [3.8, 4) is 16.9 Å². The second-order valence-corrected chi connectivity index (χ2v) is 8.66. The zero-order valence-electron chi connectivity index (χ0n) is 16.9. The molecule has 1 atom stereocenters. The Kier molecular flexibility index (Phi) is 4.13. The van der Waals surface area contributed by atoms with Gasteiger partial charge in [0.15, 0.2) is 11.6 Å². The van der Waals surface area contributed by atoms with Crippen LogP contribution in [0.25, 0.3) is 22.0 Å². The Morgan fingerprint density at radius 1 is 1.29 bits per heavy atom. The van der Waals surface area contributed by atoms with Crippen LogP contribution in [0.5, 0.6) is 5.75 Å². The minimum atomic E-state index is -0.515. The standard InChI is InChI=1S/C23H20ClFN4O2/c1-11-2-3-12-7-28-23(30)18(12)17(11)19-15(24)6-14-21(20(19)25)27-9-16-22(14)29-5-4-26-8-13(29)10-31-16/h2-3,6,9,13,26H,4-5,7-8,10H2,1H3,(H,28,30). The molecule has 4 heterocycles. The molecule has 3 aliphatic rings. The van der Waals surface area contributed by atoms with Gasteiger partial charge in [0.1, 0.15) is 12.1 Å². The van der Waals surface area contributed by atoms with Crippen LogP contribution in [0.4, 0.5) is 10.1 Å². The first-order valence-corrected chi connectivity index (χ1v) is 10.7. The number of aromatic nitrogens is 1. The van der Waals surface area contributed by atoms with E-state index in [0.29, 0.717) is 35.4 Å². The number of anilines is 1. The average molecular weight is 439 g/mol. The molecule has 158 valence electrons. The lowest BCUT2D eigenvalue weighted by molar-refractivity contribution is 0.0966. The predicted octanol–water partition coefficient (Wildman–Crippen LogP) is 3.42. The lowest BCUT2D eigenvalue weighted by atomic mass is 9.91. The molecule has 1 amide bonds. The highest BCUT2D eigenvalue weighted by atomic mass is 35.5. The third-order valence-corrected chi connectivity index (χ3v) is 6.77. The number of aryl methyl sites for hydroxylation is 1. The first-order valence-electron chi connectivity index (χ1n) is 10.4. The van der Waals surface area contributed by atoms with E-state index in [1.165, 1.54) is 0 Å². The number of amides is 1.